The van der Waals surface area contributed by atoms with Crippen LogP contribution in [0.5, 0.6) is 5.75 Å². The van der Waals surface area contributed by atoms with Crippen LogP contribution in [0.15, 0.2) is 41.3 Å². The number of esters is 1. The summed E-state index contributed by atoms with van der Waals surface area (Å²) in [4.78, 5) is 18.3. The summed E-state index contributed by atoms with van der Waals surface area (Å²) in [6, 6.07) is 10.8. The highest BCUT2D eigenvalue weighted by molar-refractivity contribution is 7.85. The van der Waals surface area contributed by atoms with Gasteiger partial charge in [0.15, 0.2) is 0 Å². The third-order valence-corrected chi connectivity index (χ3v) is 12.4. The second-order valence-corrected chi connectivity index (χ2v) is 17.5. The molecule has 0 spiro atoms. The molecular formula is C40H60O5S3. The Morgan fingerprint density at radius 3 is 1.79 bits per heavy atom. The predicted octanol–water partition coefficient (Wildman–Crippen LogP) is 12.4. The minimum Gasteiger partial charge on any atom is -0.426 e. The number of unbranched alkanes of at least 4 members (excludes halogenated alkanes) is 15. The lowest BCUT2D eigenvalue weighted by Crippen LogP contribution is -2.20. The van der Waals surface area contributed by atoms with Gasteiger partial charge in [0.1, 0.15) is 5.75 Å². The predicted molar refractivity (Wildman–Crippen MR) is 204 cm³/mol. The van der Waals surface area contributed by atoms with Crippen LogP contribution in [0.25, 0.3) is 0 Å². The van der Waals surface area contributed by atoms with Crippen molar-refractivity contribution >= 4 is 38.8 Å². The molecule has 0 saturated heterocycles. The van der Waals surface area contributed by atoms with Crippen LogP contribution in [0.4, 0.5) is 0 Å². The number of hydrogen-bond acceptors (Lipinski definition) is 6. The number of thiophene rings is 2. The molecule has 268 valence electrons. The standard InChI is InChI=1S/C40H60O5S3/c1-5-7-9-11-12-13-14-15-16-17-18-19-21-23-34-28-35(25-27-39(34)48(42,43)44)45-40(41)37(30-36-26-24-31(3)46-36)38-29-33(32(4)47-38)22-20-10-8-6-2/h24-29,37H,5-23,30H2,1-4H3,(H,42,43,44). The quantitative estimate of drug-likeness (QED) is 0.0408. The lowest BCUT2D eigenvalue weighted by molar-refractivity contribution is -0.136. The maximum Gasteiger partial charge on any atom is 0.320 e. The van der Waals surface area contributed by atoms with Crippen molar-refractivity contribution in [2.24, 2.45) is 0 Å². The lowest BCUT2D eigenvalue weighted by atomic mass is 10.00. The smallest absolute Gasteiger partial charge is 0.320 e. The second-order valence-electron chi connectivity index (χ2n) is 13.5. The molecule has 0 aliphatic heterocycles. The first-order chi connectivity index (χ1) is 23.1. The average Bonchev–Trinajstić information content (AvgIpc) is 3.63. The summed E-state index contributed by atoms with van der Waals surface area (Å²) in [7, 11) is -4.40. The third-order valence-electron chi connectivity index (χ3n) is 9.25. The van der Waals surface area contributed by atoms with Crippen LogP contribution in [0.1, 0.15) is 160 Å². The SMILES string of the molecule is CCCCCCCCCCCCCCCc1cc(OC(=O)C(Cc2ccc(C)s2)c2cc(CCCCCC)c(C)s2)ccc1S(=O)(=O)O. The van der Waals surface area contributed by atoms with E-state index >= 15 is 0 Å². The van der Waals surface area contributed by atoms with Crippen molar-refractivity contribution in [3.8, 4) is 5.75 Å². The van der Waals surface area contributed by atoms with Gasteiger partial charge in [-0.15, -0.1) is 22.7 Å². The molecule has 0 amide bonds. The molecule has 3 rings (SSSR count). The average molecular weight is 717 g/mol. The summed E-state index contributed by atoms with van der Waals surface area (Å²) in [5.74, 6) is -0.481. The van der Waals surface area contributed by atoms with Gasteiger partial charge in [-0.25, -0.2) is 0 Å². The van der Waals surface area contributed by atoms with Gasteiger partial charge in [0, 0.05) is 19.5 Å². The fraction of sp³-hybridized carbons (Fsp3) is 0.625. The Labute approximate surface area is 299 Å². The summed E-state index contributed by atoms with van der Waals surface area (Å²) in [6.45, 7) is 8.68. The van der Waals surface area contributed by atoms with Crippen molar-refractivity contribution in [2.75, 3.05) is 0 Å². The lowest BCUT2D eigenvalue weighted by Gasteiger charge is -2.15. The normalized spacial score (nSPS) is 12.4. The first kappa shape index (κ1) is 40.4. The molecular weight excluding hydrogens is 657 g/mol. The molecule has 0 bridgehead atoms. The zero-order valence-electron chi connectivity index (χ0n) is 30.0. The first-order valence-corrected chi connectivity index (χ1v) is 21.7. The van der Waals surface area contributed by atoms with Gasteiger partial charge in [-0.1, -0.05) is 110 Å². The number of rotatable bonds is 25. The highest BCUT2D eigenvalue weighted by atomic mass is 32.2. The molecule has 0 aliphatic carbocycles. The fourth-order valence-electron chi connectivity index (χ4n) is 6.39. The molecule has 1 unspecified atom stereocenters. The molecule has 0 fully saturated rings. The molecule has 3 aromatic rings. The zero-order chi connectivity index (χ0) is 34.8. The number of carbonyl (C=O) groups is 1. The van der Waals surface area contributed by atoms with E-state index in [1.807, 2.05) is 0 Å². The van der Waals surface area contributed by atoms with Crippen molar-refractivity contribution in [3.63, 3.8) is 0 Å². The third kappa shape index (κ3) is 14.5. The molecule has 2 heterocycles. The molecule has 0 radical (unpaired) electrons. The number of hydrogen-bond donors (Lipinski definition) is 1. The van der Waals surface area contributed by atoms with Gasteiger partial charge < -0.3 is 4.74 Å². The van der Waals surface area contributed by atoms with Gasteiger partial charge in [0.2, 0.25) is 0 Å². The van der Waals surface area contributed by atoms with Crippen LogP contribution in [0, 0.1) is 13.8 Å². The van der Waals surface area contributed by atoms with Crippen LogP contribution in [-0.2, 0) is 34.2 Å². The van der Waals surface area contributed by atoms with Crippen molar-refractivity contribution in [2.45, 2.75) is 167 Å². The second kappa shape index (κ2) is 22.0. The maximum atomic E-state index is 13.8. The van der Waals surface area contributed by atoms with Crippen LogP contribution in [0.2, 0.25) is 0 Å². The fourth-order valence-corrected chi connectivity index (χ4v) is 9.23. The topological polar surface area (TPSA) is 80.7 Å². The Hall–Kier alpha value is -2.00. The van der Waals surface area contributed by atoms with Crippen LogP contribution in [0.3, 0.4) is 0 Å². The Balaban J connectivity index is 1.61. The monoisotopic (exact) mass is 716 g/mol. The minimum absolute atomic E-state index is 0.103. The molecule has 8 heteroatoms. The number of carbonyl (C=O) groups excluding carboxylic acids is 1. The largest absolute Gasteiger partial charge is 0.426 e. The van der Waals surface area contributed by atoms with Gasteiger partial charge in [-0.2, -0.15) is 8.42 Å². The highest BCUT2D eigenvalue weighted by Gasteiger charge is 2.27. The molecule has 5 nitrogen and oxygen atoms in total. The van der Waals surface area contributed by atoms with E-state index in [2.05, 4.69) is 45.9 Å². The van der Waals surface area contributed by atoms with Gasteiger partial charge >= 0.3 is 5.97 Å². The van der Waals surface area contributed by atoms with E-state index in [0.717, 1.165) is 41.9 Å². The van der Waals surface area contributed by atoms with Crippen LogP contribution < -0.4 is 4.74 Å². The van der Waals surface area contributed by atoms with Gasteiger partial charge in [-0.05, 0) is 93.5 Å². The first-order valence-electron chi connectivity index (χ1n) is 18.6. The number of benzene rings is 1. The van der Waals surface area contributed by atoms with Crippen LogP contribution in [-0.4, -0.2) is 18.9 Å². The molecule has 0 saturated carbocycles. The van der Waals surface area contributed by atoms with Crippen molar-refractivity contribution in [1.82, 2.24) is 0 Å². The van der Waals surface area contributed by atoms with E-state index in [1.54, 1.807) is 28.7 Å². The van der Waals surface area contributed by atoms with E-state index in [4.69, 9.17) is 4.74 Å². The summed E-state index contributed by atoms with van der Waals surface area (Å²) in [5.41, 5.74) is 1.81. The van der Waals surface area contributed by atoms with Crippen molar-refractivity contribution < 1.29 is 22.5 Å². The van der Waals surface area contributed by atoms with Crippen molar-refractivity contribution in [3.05, 3.63) is 67.0 Å². The molecule has 0 aliphatic rings. The summed E-state index contributed by atoms with van der Waals surface area (Å²) >= 11 is 3.37. The summed E-state index contributed by atoms with van der Waals surface area (Å²) < 4.78 is 40.4. The summed E-state index contributed by atoms with van der Waals surface area (Å²) in [5, 5.41) is 0. The summed E-state index contributed by atoms with van der Waals surface area (Å²) in [6.07, 6.45) is 22.9. The molecule has 2 aromatic heterocycles. The maximum absolute atomic E-state index is 13.8. The molecule has 1 atom stereocenters. The van der Waals surface area contributed by atoms with Crippen LogP contribution >= 0.6 is 22.7 Å². The van der Waals surface area contributed by atoms with E-state index in [1.165, 1.54) is 111 Å². The molecule has 1 aromatic carbocycles. The van der Waals surface area contributed by atoms with E-state index < -0.39 is 16.0 Å². The van der Waals surface area contributed by atoms with Crippen molar-refractivity contribution in [1.29, 1.82) is 0 Å². The Kier molecular flexibility index (Phi) is 18.5. The minimum atomic E-state index is -4.40. The Morgan fingerprint density at radius 2 is 1.25 bits per heavy atom. The number of aryl methyl sites for hydroxylation is 4. The zero-order valence-corrected chi connectivity index (χ0v) is 32.4. The van der Waals surface area contributed by atoms with Gasteiger partial charge in [-0.3, -0.25) is 9.35 Å². The van der Waals surface area contributed by atoms with E-state index in [-0.39, 0.29) is 10.9 Å². The number of ether oxygens (including phenoxy) is 1. The van der Waals surface area contributed by atoms with Gasteiger partial charge in [0.25, 0.3) is 10.1 Å². The Morgan fingerprint density at radius 1 is 0.708 bits per heavy atom. The Bertz CT molecular complexity index is 1470. The molecule has 1 N–H and O–H groups in total. The highest BCUT2D eigenvalue weighted by Crippen LogP contribution is 2.35. The van der Waals surface area contributed by atoms with E-state index in [0.29, 0.717) is 24.2 Å². The van der Waals surface area contributed by atoms with Gasteiger partial charge in [0.05, 0.1) is 10.8 Å². The van der Waals surface area contributed by atoms with E-state index in [9.17, 15) is 17.8 Å². The molecule has 48 heavy (non-hydrogen) atoms.